The third kappa shape index (κ3) is 5.54. The second kappa shape index (κ2) is 9.68. The third-order valence-electron chi connectivity index (χ3n) is 4.62. The zero-order valence-electron chi connectivity index (χ0n) is 16.2. The highest BCUT2D eigenvalue weighted by atomic mass is 16.5. The molecule has 3 rings (SSSR count). The average Bonchev–Trinajstić information content (AvgIpc) is 3.15. The number of amides is 2. The molecule has 0 radical (unpaired) electrons. The van der Waals surface area contributed by atoms with Crippen molar-refractivity contribution in [1.29, 1.82) is 0 Å². The van der Waals surface area contributed by atoms with Crippen LogP contribution in [0.25, 0.3) is 0 Å². The summed E-state index contributed by atoms with van der Waals surface area (Å²) in [7, 11) is 1.70. The van der Waals surface area contributed by atoms with E-state index in [0.717, 1.165) is 5.56 Å². The zero-order valence-corrected chi connectivity index (χ0v) is 16.2. The van der Waals surface area contributed by atoms with E-state index in [1.807, 2.05) is 36.4 Å². The van der Waals surface area contributed by atoms with Gasteiger partial charge in [-0.1, -0.05) is 42.5 Å². The van der Waals surface area contributed by atoms with Gasteiger partial charge in [0.2, 0.25) is 5.91 Å². The van der Waals surface area contributed by atoms with E-state index in [1.165, 1.54) is 6.20 Å². The number of aromatic nitrogens is 2. The van der Waals surface area contributed by atoms with Crippen LogP contribution in [-0.4, -0.2) is 40.0 Å². The minimum absolute atomic E-state index is 0.0208. The zero-order chi connectivity index (χ0) is 20.6. The Bertz CT molecular complexity index is 891. The monoisotopic (exact) mass is 396 g/mol. The summed E-state index contributed by atoms with van der Waals surface area (Å²) in [5, 5.41) is 5.60. The molecule has 2 amide bonds. The van der Waals surface area contributed by atoms with Gasteiger partial charge in [0, 0.05) is 25.9 Å². The highest BCUT2D eigenvalue weighted by Gasteiger charge is 2.25. The molecule has 2 aromatic rings. The van der Waals surface area contributed by atoms with Crippen molar-refractivity contribution < 1.29 is 19.1 Å². The molecule has 8 heteroatoms. The number of ether oxygens (including phenoxy) is 1. The van der Waals surface area contributed by atoms with E-state index < -0.39 is 24.0 Å². The van der Waals surface area contributed by atoms with Crippen LogP contribution in [0, 0.1) is 0 Å². The van der Waals surface area contributed by atoms with Crippen molar-refractivity contribution in [2.45, 2.75) is 31.3 Å². The molecule has 1 aliphatic heterocycles. The topological polar surface area (TPSA) is 102 Å². The Morgan fingerprint density at radius 3 is 2.76 bits per heavy atom. The first-order valence-electron chi connectivity index (χ1n) is 9.48. The fourth-order valence-electron chi connectivity index (χ4n) is 3.02. The number of nitrogens with zero attached hydrogens (tertiary/aromatic N) is 2. The molecule has 1 aromatic heterocycles. The summed E-state index contributed by atoms with van der Waals surface area (Å²) in [6.45, 7) is -0.0208. The average molecular weight is 396 g/mol. The Morgan fingerprint density at radius 1 is 1.24 bits per heavy atom. The molecule has 0 saturated carbocycles. The molecule has 0 bridgehead atoms. The fourth-order valence-corrected chi connectivity index (χ4v) is 3.02. The molecule has 0 aliphatic carbocycles. The lowest BCUT2D eigenvalue weighted by molar-refractivity contribution is -0.147. The quantitative estimate of drug-likeness (QED) is 0.607. The normalized spacial score (nSPS) is 20.7. The summed E-state index contributed by atoms with van der Waals surface area (Å²) in [6.07, 6.45) is 7.91. The summed E-state index contributed by atoms with van der Waals surface area (Å²) in [4.78, 5) is 41.3. The molecule has 8 nitrogen and oxygen atoms in total. The lowest BCUT2D eigenvalue weighted by atomic mass is 10.1. The third-order valence-corrected chi connectivity index (χ3v) is 4.62. The van der Waals surface area contributed by atoms with Crippen molar-refractivity contribution in [3.8, 4) is 0 Å². The van der Waals surface area contributed by atoms with Crippen molar-refractivity contribution in [2.75, 3.05) is 6.61 Å². The van der Waals surface area contributed by atoms with Gasteiger partial charge in [-0.15, -0.1) is 0 Å². The molecule has 0 fully saturated rings. The van der Waals surface area contributed by atoms with Gasteiger partial charge in [0.25, 0.3) is 5.91 Å². The number of hydrogen-bond donors (Lipinski definition) is 2. The minimum Gasteiger partial charge on any atom is -0.462 e. The molecule has 2 atom stereocenters. The number of benzene rings is 1. The first kappa shape index (κ1) is 20.3. The minimum atomic E-state index is -0.845. The molecule has 29 heavy (non-hydrogen) atoms. The Morgan fingerprint density at radius 2 is 2.03 bits per heavy atom. The second-order valence-corrected chi connectivity index (χ2v) is 6.79. The first-order chi connectivity index (χ1) is 14.0. The largest absolute Gasteiger partial charge is 0.462 e. The van der Waals surface area contributed by atoms with Crippen LogP contribution in [0.4, 0.5) is 0 Å². The fraction of sp³-hybridized carbons (Fsp3) is 0.333. The van der Waals surface area contributed by atoms with Gasteiger partial charge in [-0.25, -0.2) is 9.78 Å². The van der Waals surface area contributed by atoms with Gasteiger partial charge in [-0.05, 0) is 18.4 Å². The number of hydrogen-bond acceptors (Lipinski definition) is 5. The first-order valence-corrected chi connectivity index (χ1v) is 9.48. The standard InChI is InChI=1S/C21H24N4O4/c1-25-13-12-22-19(25)20(27)24-16-10-6-3-7-11-18(26)23-17(14-29-21(16)28)15-8-4-2-5-9-15/h2-6,8-9,12-13,16-17H,7,10-11,14H2,1H3,(H,23,26)(H,24,27)/t16-,17?/m1/s1. The van der Waals surface area contributed by atoms with E-state index in [0.29, 0.717) is 12.8 Å². The highest BCUT2D eigenvalue weighted by molar-refractivity contribution is 5.94. The summed E-state index contributed by atoms with van der Waals surface area (Å²) >= 11 is 0. The predicted molar refractivity (Wildman–Crippen MR) is 106 cm³/mol. The van der Waals surface area contributed by atoms with E-state index in [-0.39, 0.29) is 24.8 Å². The lowest BCUT2D eigenvalue weighted by Crippen LogP contribution is -2.43. The summed E-state index contributed by atoms with van der Waals surface area (Å²) in [5.41, 5.74) is 0.842. The number of esters is 1. The number of carbonyl (C=O) groups excluding carboxylic acids is 3. The van der Waals surface area contributed by atoms with Gasteiger partial charge >= 0.3 is 5.97 Å². The van der Waals surface area contributed by atoms with Gasteiger partial charge in [-0.2, -0.15) is 0 Å². The van der Waals surface area contributed by atoms with E-state index in [4.69, 9.17) is 4.74 Å². The van der Waals surface area contributed by atoms with Gasteiger partial charge in [-0.3, -0.25) is 9.59 Å². The number of allylic oxidation sites excluding steroid dienone is 1. The number of imidazole rings is 1. The van der Waals surface area contributed by atoms with E-state index >= 15 is 0 Å². The molecule has 1 aromatic carbocycles. The second-order valence-electron chi connectivity index (χ2n) is 6.79. The van der Waals surface area contributed by atoms with E-state index in [9.17, 15) is 14.4 Å². The van der Waals surface area contributed by atoms with Gasteiger partial charge in [0.1, 0.15) is 12.6 Å². The van der Waals surface area contributed by atoms with Crippen LogP contribution in [0.1, 0.15) is 41.5 Å². The summed E-state index contributed by atoms with van der Waals surface area (Å²) in [5.74, 6) is -0.914. The van der Waals surface area contributed by atoms with Gasteiger partial charge in [0.15, 0.2) is 5.82 Å². The van der Waals surface area contributed by atoms with Gasteiger partial charge < -0.3 is 19.9 Å². The number of aryl methyl sites for hydroxylation is 1. The van der Waals surface area contributed by atoms with Crippen molar-refractivity contribution in [3.05, 3.63) is 66.3 Å². The molecule has 0 saturated heterocycles. The van der Waals surface area contributed by atoms with E-state index in [2.05, 4.69) is 15.6 Å². The maximum Gasteiger partial charge on any atom is 0.329 e. The predicted octanol–water partition coefficient (Wildman–Crippen LogP) is 1.66. The summed E-state index contributed by atoms with van der Waals surface area (Å²) < 4.78 is 7.04. The molecule has 2 N–H and O–H groups in total. The Kier molecular flexibility index (Phi) is 6.78. The van der Waals surface area contributed by atoms with Crippen LogP contribution in [0.3, 0.4) is 0 Å². The smallest absolute Gasteiger partial charge is 0.329 e. The van der Waals surface area contributed by atoms with Crippen LogP contribution in [0.5, 0.6) is 0 Å². The van der Waals surface area contributed by atoms with Crippen molar-refractivity contribution >= 4 is 17.8 Å². The molecule has 152 valence electrons. The molecule has 2 heterocycles. The number of nitrogens with one attached hydrogen (secondary N) is 2. The number of carbonyl (C=O) groups is 3. The van der Waals surface area contributed by atoms with Gasteiger partial charge in [0.05, 0.1) is 6.04 Å². The Labute approximate surface area is 169 Å². The molecular weight excluding hydrogens is 372 g/mol. The maximum absolute atomic E-state index is 12.7. The highest BCUT2D eigenvalue weighted by Crippen LogP contribution is 2.15. The van der Waals surface area contributed by atoms with Crippen LogP contribution in [0.2, 0.25) is 0 Å². The van der Waals surface area contributed by atoms with Crippen LogP contribution in [0.15, 0.2) is 54.9 Å². The maximum atomic E-state index is 12.7. The van der Waals surface area contributed by atoms with E-state index in [1.54, 1.807) is 23.9 Å². The van der Waals surface area contributed by atoms with Crippen LogP contribution < -0.4 is 10.6 Å². The number of rotatable bonds is 3. The lowest BCUT2D eigenvalue weighted by Gasteiger charge is -2.22. The Balaban J connectivity index is 1.75. The van der Waals surface area contributed by atoms with Crippen molar-refractivity contribution in [1.82, 2.24) is 20.2 Å². The van der Waals surface area contributed by atoms with Crippen LogP contribution >= 0.6 is 0 Å². The molecule has 1 unspecified atom stereocenters. The summed E-state index contributed by atoms with van der Waals surface area (Å²) in [6, 6.07) is 8.02. The SMILES string of the molecule is Cn1ccnc1C(=O)N[C@@H]1CC=CCCC(=O)NC(c2ccccc2)COC1=O. The van der Waals surface area contributed by atoms with Crippen LogP contribution in [-0.2, 0) is 21.4 Å². The molecular formula is C21H24N4O4. The number of cyclic esters (lactones) is 1. The van der Waals surface area contributed by atoms with Crippen molar-refractivity contribution in [2.24, 2.45) is 7.05 Å². The molecule has 1 aliphatic rings. The Hall–Kier alpha value is -3.42. The van der Waals surface area contributed by atoms with Crippen molar-refractivity contribution in [3.63, 3.8) is 0 Å². The molecule has 0 spiro atoms.